The van der Waals surface area contributed by atoms with Crippen molar-refractivity contribution in [3.63, 3.8) is 0 Å². The number of carbonyl (C=O) groups is 1. The summed E-state index contributed by atoms with van der Waals surface area (Å²) in [7, 11) is 0. The predicted molar refractivity (Wildman–Crippen MR) is 74.8 cm³/mol. The van der Waals surface area contributed by atoms with Crippen molar-refractivity contribution in [1.82, 2.24) is 15.5 Å². The van der Waals surface area contributed by atoms with Gasteiger partial charge in [0.15, 0.2) is 5.69 Å². The third-order valence-electron chi connectivity index (χ3n) is 3.73. The van der Waals surface area contributed by atoms with Gasteiger partial charge < -0.3 is 11.1 Å². The number of rotatable bonds is 4. The molecule has 0 saturated heterocycles. The highest BCUT2D eigenvalue weighted by Crippen LogP contribution is 2.39. The van der Waals surface area contributed by atoms with Crippen molar-refractivity contribution in [2.24, 2.45) is 0 Å². The van der Waals surface area contributed by atoms with Crippen LogP contribution in [-0.2, 0) is 0 Å². The van der Waals surface area contributed by atoms with E-state index in [0.29, 0.717) is 17.9 Å². The van der Waals surface area contributed by atoms with Gasteiger partial charge >= 0.3 is 0 Å². The Morgan fingerprint density at radius 3 is 2.72 bits per heavy atom. The molecule has 1 heterocycles. The first-order valence-electron chi connectivity index (χ1n) is 6.22. The van der Waals surface area contributed by atoms with Crippen molar-refractivity contribution in [2.75, 3.05) is 18.5 Å². The molecule has 1 fully saturated rings. The molecule has 0 unspecified atom stereocenters. The summed E-state index contributed by atoms with van der Waals surface area (Å²) in [6.07, 6.45) is 6.96. The van der Waals surface area contributed by atoms with E-state index in [1.807, 2.05) is 11.8 Å². The Hall–Kier alpha value is -1.17. The third kappa shape index (κ3) is 2.48. The van der Waals surface area contributed by atoms with E-state index in [2.05, 4.69) is 21.8 Å². The Balaban J connectivity index is 1.98. The molecule has 0 aliphatic heterocycles. The molecule has 0 bridgehead atoms. The molecule has 18 heavy (non-hydrogen) atoms. The number of nitrogens with zero attached hydrogens (tertiary/aromatic N) is 1. The number of carbonyl (C=O) groups excluding carboxylic acids is 1. The van der Waals surface area contributed by atoms with Crippen molar-refractivity contribution in [2.45, 2.75) is 37.4 Å². The standard InChI is InChI=1S/C12H20N4OS/c1-8-9(13)10(16-15-8)11(17)14-7-12(18-2)5-3-4-6-12/h3-7,13H2,1-2H3,(H,14,17)(H,15,16). The number of thioether (sulfide) groups is 1. The van der Waals surface area contributed by atoms with Crippen LogP contribution in [0.4, 0.5) is 5.69 Å². The van der Waals surface area contributed by atoms with Gasteiger partial charge in [-0.25, -0.2) is 0 Å². The lowest BCUT2D eigenvalue weighted by Gasteiger charge is -2.26. The second-order valence-corrected chi connectivity index (χ2v) is 6.16. The Morgan fingerprint density at radius 2 is 2.22 bits per heavy atom. The van der Waals surface area contributed by atoms with Crippen LogP contribution in [0.5, 0.6) is 0 Å². The van der Waals surface area contributed by atoms with Crippen LogP contribution in [0.25, 0.3) is 0 Å². The van der Waals surface area contributed by atoms with Crippen molar-refractivity contribution >= 4 is 23.4 Å². The van der Waals surface area contributed by atoms with E-state index in [9.17, 15) is 4.79 Å². The van der Waals surface area contributed by atoms with Crippen LogP contribution < -0.4 is 11.1 Å². The molecule has 0 radical (unpaired) electrons. The highest BCUT2D eigenvalue weighted by Gasteiger charge is 2.33. The molecule has 0 atom stereocenters. The molecule has 1 aliphatic carbocycles. The average molecular weight is 268 g/mol. The summed E-state index contributed by atoms with van der Waals surface area (Å²) in [5, 5.41) is 9.63. The van der Waals surface area contributed by atoms with Crippen molar-refractivity contribution < 1.29 is 4.79 Å². The number of nitrogens with one attached hydrogen (secondary N) is 2. The summed E-state index contributed by atoms with van der Waals surface area (Å²) in [6.45, 7) is 2.50. The molecule has 1 aromatic heterocycles. The summed E-state index contributed by atoms with van der Waals surface area (Å²) >= 11 is 1.85. The van der Waals surface area contributed by atoms with E-state index in [1.54, 1.807) is 6.92 Å². The molecule has 1 amide bonds. The topological polar surface area (TPSA) is 83.8 Å². The van der Waals surface area contributed by atoms with E-state index in [0.717, 1.165) is 5.69 Å². The molecule has 6 heteroatoms. The Bertz CT molecular complexity index is 437. The van der Waals surface area contributed by atoms with Crippen molar-refractivity contribution in [1.29, 1.82) is 0 Å². The average Bonchev–Trinajstić information content (AvgIpc) is 2.96. The SMILES string of the molecule is CSC1(CNC(=O)c2n[nH]c(C)c2N)CCCC1. The van der Waals surface area contributed by atoms with Gasteiger partial charge in [-0.1, -0.05) is 12.8 Å². The lowest BCUT2D eigenvalue weighted by atomic mass is 10.1. The Labute approximate surface area is 111 Å². The van der Waals surface area contributed by atoms with Gasteiger partial charge in [0.1, 0.15) is 0 Å². The van der Waals surface area contributed by atoms with Crippen LogP contribution in [0.2, 0.25) is 0 Å². The minimum atomic E-state index is -0.183. The van der Waals surface area contributed by atoms with E-state index in [-0.39, 0.29) is 10.7 Å². The summed E-state index contributed by atoms with van der Waals surface area (Å²) in [5.41, 5.74) is 7.28. The molecule has 100 valence electrons. The maximum absolute atomic E-state index is 12.0. The monoisotopic (exact) mass is 268 g/mol. The normalized spacial score (nSPS) is 17.9. The number of anilines is 1. The van der Waals surface area contributed by atoms with E-state index < -0.39 is 0 Å². The second kappa shape index (κ2) is 5.22. The van der Waals surface area contributed by atoms with E-state index >= 15 is 0 Å². The summed E-state index contributed by atoms with van der Waals surface area (Å²) in [4.78, 5) is 12.0. The number of H-pyrrole nitrogens is 1. The van der Waals surface area contributed by atoms with Crippen LogP contribution in [0.3, 0.4) is 0 Å². The highest BCUT2D eigenvalue weighted by atomic mass is 32.2. The van der Waals surface area contributed by atoms with Crippen LogP contribution in [0.1, 0.15) is 41.9 Å². The first-order chi connectivity index (χ1) is 8.58. The smallest absolute Gasteiger partial charge is 0.273 e. The zero-order valence-corrected chi connectivity index (χ0v) is 11.7. The molecular weight excluding hydrogens is 248 g/mol. The van der Waals surface area contributed by atoms with Gasteiger partial charge in [0, 0.05) is 11.3 Å². The number of amides is 1. The first-order valence-corrected chi connectivity index (χ1v) is 7.44. The molecule has 0 spiro atoms. The highest BCUT2D eigenvalue weighted by molar-refractivity contribution is 8.00. The van der Waals surface area contributed by atoms with Gasteiger partial charge in [0.2, 0.25) is 0 Å². The van der Waals surface area contributed by atoms with Gasteiger partial charge in [0.05, 0.1) is 11.4 Å². The molecule has 2 rings (SSSR count). The maximum atomic E-state index is 12.0. The van der Waals surface area contributed by atoms with Gasteiger partial charge in [-0.15, -0.1) is 0 Å². The number of aryl methyl sites for hydroxylation is 1. The molecule has 0 aromatic carbocycles. The minimum Gasteiger partial charge on any atom is -0.395 e. The maximum Gasteiger partial charge on any atom is 0.273 e. The molecule has 1 aromatic rings. The predicted octanol–water partition coefficient (Wildman–Crippen LogP) is 1.71. The fourth-order valence-corrected chi connectivity index (χ4v) is 3.32. The van der Waals surface area contributed by atoms with Crippen molar-refractivity contribution in [3.05, 3.63) is 11.4 Å². The first kappa shape index (κ1) is 13.3. The lowest BCUT2D eigenvalue weighted by Crippen LogP contribution is -2.38. The van der Waals surface area contributed by atoms with E-state index in [4.69, 9.17) is 5.73 Å². The molecule has 4 N–H and O–H groups in total. The molecule has 5 nitrogen and oxygen atoms in total. The quantitative estimate of drug-likeness (QED) is 0.776. The molecule has 1 aliphatic rings. The zero-order chi connectivity index (χ0) is 13.2. The number of nitrogens with two attached hydrogens (primary N) is 1. The molecule has 1 saturated carbocycles. The van der Waals surface area contributed by atoms with Crippen LogP contribution in [-0.4, -0.2) is 33.7 Å². The summed E-state index contributed by atoms with van der Waals surface area (Å²) in [6, 6.07) is 0. The second-order valence-electron chi connectivity index (χ2n) is 4.89. The van der Waals surface area contributed by atoms with Crippen LogP contribution >= 0.6 is 11.8 Å². The van der Waals surface area contributed by atoms with E-state index in [1.165, 1.54) is 25.7 Å². The Kier molecular flexibility index (Phi) is 3.85. The fourth-order valence-electron chi connectivity index (χ4n) is 2.41. The third-order valence-corrected chi connectivity index (χ3v) is 5.15. The van der Waals surface area contributed by atoms with Crippen LogP contribution in [0, 0.1) is 6.92 Å². The largest absolute Gasteiger partial charge is 0.395 e. The number of nitrogen functional groups attached to an aromatic ring is 1. The lowest BCUT2D eigenvalue weighted by molar-refractivity contribution is 0.0945. The molecular formula is C12H20N4OS. The summed E-state index contributed by atoms with van der Waals surface area (Å²) in [5.74, 6) is -0.183. The summed E-state index contributed by atoms with van der Waals surface area (Å²) < 4.78 is 0.204. The number of aromatic nitrogens is 2. The number of hydrogen-bond donors (Lipinski definition) is 3. The Morgan fingerprint density at radius 1 is 1.56 bits per heavy atom. The van der Waals surface area contributed by atoms with Gasteiger partial charge in [-0.2, -0.15) is 16.9 Å². The fraction of sp³-hybridized carbons (Fsp3) is 0.667. The number of hydrogen-bond acceptors (Lipinski definition) is 4. The van der Waals surface area contributed by atoms with Crippen LogP contribution in [0.15, 0.2) is 0 Å². The minimum absolute atomic E-state index is 0.183. The van der Waals surface area contributed by atoms with Gasteiger partial charge in [0.25, 0.3) is 5.91 Å². The van der Waals surface area contributed by atoms with Gasteiger partial charge in [-0.3, -0.25) is 9.89 Å². The van der Waals surface area contributed by atoms with Crippen molar-refractivity contribution in [3.8, 4) is 0 Å². The zero-order valence-electron chi connectivity index (χ0n) is 10.9. The number of aromatic amines is 1. The van der Waals surface area contributed by atoms with Gasteiger partial charge in [-0.05, 0) is 26.0 Å².